The van der Waals surface area contributed by atoms with E-state index in [4.69, 9.17) is 4.98 Å². The summed E-state index contributed by atoms with van der Waals surface area (Å²) in [5.41, 5.74) is 14.2. The molecule has 0 saturated carbocycles. The van der Waals surface area contributed by atoms with Crippen molar-refractivity contribution in [3.8, 4) is 22.3 Å². The molecule has 0 unspecified atom stereocenters. The summed E-state index contributed by atoms with van der Waals surface area (Å²) in [4.78, 5) is 5.44. The van der Waals surface area contributed by atoms with Crippen molar-refractivity contribution in [2.45, 2.75) is 0 Å². The first kappa shape index (κ1) is 33.9. The van der Waals surface area contributed by atoms with E-state index in [0.717, 1.165) is 11.0 Å². The fourth-order valence-corrected chi connectivity index (χ4v) is 12.8. The van der Waals surface area contributed by atoms with Gasteiger partial charge in [0.05, 0.1) is 11.0 Å². The Balaban J connectivity index is 1.12. The summed E-state index contributed by atoms with van der Waals surface area (Å²) in [6, 6.07) is 76.0. The van der Waals surface area contributed by atoms with Crippen LogP contribution in [0.25, 0.3) is 76.8 Å². The predicted octanol–water partition coefficient (Wildman–Crippen LogP) is 14.7. The van der Waals surface area contributed by atoms with E-state index in [1.54, 1.807) is 3.57 Å². The van der Waals surface area contributed by atoms with E-state index >= 15 is 0 Å². The zero-order chi connectivity index (χ0) is 37.7. The van der Waals surface area contributed by atoms with Crippen molar-refractivity contribution in [3.63, 3.8) is 0 Å². The molecule has 0 spiro atoms. The van der Waals surface area contributed by atoms with Crippen molar-refractivity contribution in [1.29, 1.82) is 0 Å². The van der Waals surface area contributed by atoms with Gasteiger partial charge in [0.15, 0.2) is 0 Å². The van der Waals surface area contributed by atoms with Gasteiger partial charge in [0.25, 0.3) is 0 Å². The van der Waals surface area contributed by atoms with Crippen molar-refractivity contribution >= 4 is 74.3 Å². The fourth-order valence-electron chi connectivity index (χ4n) is 8.60. The van der Waals surface area contributed by atoms with Crippen LogP contribution in [0, 0.1) is 3.57 Å². The zero-order valence-corrected chi connectivity index (χ0v) is 33.5. The van der Waals surface area contributed by atoms with Gasteiger partial charge in [-0.1, -0.05) is 78.9 Å². The summed E-state index contributed by atoms with van der Waals surface area (Å²) in [6.07, 6.45) is 0. The number of nitrogens with zero attached hydrogens (tertiary/aromatic N) is 1. The molecule has 2 heterocycles. The molecule has 270 valence electrons. The molecule has 57 heavy (non-hydrogen) atoms. The summed E-state index contributed by atoms with van der Waals surface area (Å²) < 4.78 is 4.51. The second-order valence-corrected chi connectivity index (χ2v) is 20.8. The first-order valence-corrected chi connectivity index (χ1v) is 23.8. The summed E-state index contributed by atoms with van der Waals surface area (Å²) in [7, 11) is 0. The summed E-state index contributed by atoms with van der Waals surface area (Å²) >= 11 is -0.867. The molecule has 0 N–H and O–H groups in total. The second-order valence-electron chi connectivity index (χ2n) is 14.8. The fraction of sp³-hybridized carbons (Fsp3) is 0.0364. The number of rotatable bonds is 7. The Labute approximate surface area is 340 Å². The van der Waals surface area contributed by atoms with Crippen LogP contribution >= 0.6 is 19.8 Å². The number of hydrogen-bond donors (Lipinski definition) is 0. The molecule has 0 bridgehead atoms. The first-order valence-electron chi connectivity index (χ1n) is 19.7. The van der Waals surface area contributed by atoms with E-state index < -0.39 is 19.8 Å². The predicted molar refractivity (Wildman–Crippen MR) is 252 cm³/mol. The van der Waals surface area contributed by atoms with Gasteiger partial charge in [-0.25, -0.2) is 4.98 Å². The summed E-state index contributed by atoms with van der Waals surface area (Å²) in [5, 5.41) is 7.08. The SMILES string of the molecule is c1ccc(/C(=C(\c2ccccc2)c2cccc(-c3cccc(-c4c5ccc6ccccc6c5nc5c4ccc4ccccc45)c3)c2)c2ccc(I3CC3)cc2)cc1. The molecule has 0 atom stereocenters. The molecule has 0 aliphatic carbocycles. The summed E-state index contributed by atoms with van der Waals surface area (Å²) in [6.45, 7) is 0. The third-order valence-corrected chi connectivity index (χ3v) is 16.0. The van der Waals surface area contributed by atoms with Crippen LogP contribution in [0.2, 0.25) is 0 Å². The van der Waals surface area contributed by atoms with Gasteiger partial charge in [-0.15, -0.1) is 0 Å². The van der Waals surface area contributed by atoms with Crippen LogP contribution in [0.4, 0.5) is 0 Å². The number of aromatic nitrogens is 1. The average molecular weight is 840 g/mol. The number of alkyl halides is 2. The van der Waals surface area contributed by atoms with Gasteiger partial charge in [0, 0.05) is 27.1 Å². The van der Waals surface area contributed by atoms with Gasteiger partial charge < -0.3 is 0 Å². The minimum absolute atomic E-state index is 0.867. The zero-order valence-electron chi connectivity index (χ0n) is 31.4. The molecule has 1 nitrogen and oxygen atoms in total. The number of pyridine rings is 1. The first-order chi connectivity index (χ1) is 28.3. The van der Waals surface area contributed by atoms with Crippen molar-refractivity contribution < 1.29 is 0 Å². The van der Waals surface area contributed by atoms with Crippen molar-refractivity contribution in [2.24, 2.45) is 0 Å². The topological polar surface area (TPSA) is 12.9 Å². The Morgan fingerprint density at radius 2 is 0.825 bits per heavy atom. The number of fused-ring (bicyclic) bond motifs is 6. The Morgan fingerprint density at radius 3 is 1.42 bits per heavy atom. The van der Waals surface area contributed by atoms with Gasteiger partial charge in [-0.2, -0.15) is 0 Å². The van der Waals surface area contributed by atoms with Gasteiger partial charge in [-0.05, 0) is 10.8 Å². The third-order valence-electron chi connectivity index (χ3n) is 11.4. The maximum absolute atomic E-state index is 5.44. The number of hydrogen-bond acceptors (Lipinski definition) is 1. The van der Waals surface area contributed by atoms with Crippen LogP contribution in [-0.4, -0.2) is 13.8 Å². The van der Waals surface area contributed by atoms with Gasteiger partial charge in [0.2, 0.25) is 0 Å². The van der Waals surface area contributed by atoms with E-state index in [9.17, 15) is 0 Å². The van der Waals surface area contributed by atoms with Crippen molar-refractivity contribution in [3.05, 3.63) is 232 Å². The summed E-state index contributed by atoms with van der Waals surface area (Å²) in [5.74, 6) is 0. The molecule has 9 aromatic carbocycles. The Morgan fingerprint density at radius 1 is 0.351 bits per heavy atom. The molecular formula is C55H38IN. The van der Waals surface area contributed by atoms with Gasteiger partial charge in [0.1, 0.15) is 0 Å². The second kappa shape index (κ2) is 14.3. The molecule has 0 radical (unpaired) electrons. The number of benzene rings is 9. The van der Waals surface area contributed by atoms with Crippen LogP contribution in [-0.2, 0) is 0 Å². The molecule has 1 saturated heterocycles. The third kappa shape index (κ3) is 6.21. The van der Waals surface area contributed by atoms with Gasteiger partial charge >= 0.3 is 210 Å². The standard InChI is InChI=1S/C55H38IN/c1-3-15-39(16-4-1)51(41-25-29-46(30-26-41)56-33-34-56)52(40-17-5-2-6-18-40)44-21-11-19-42(35-44)43-20-12-22-45(36-43)53-49-31-27-37-13-7-9-23-47(37)54(49)57-55-48-24-10-8-14-38(48)28-32-50(53)55/h1-32,35-36H,33-34H2/b52-51-. The van der Waals surface area contributed by atoms with E-state index in [1.165, 1.54) is 96.8 Å². The molecular weight excluding hydrogens is 802 g/mol. The molecule has 2 heteroatoms. The van der Waals surface area contributed by atoms with E-state index in [1.807, 2.05) is 0 Å². The van der Waals surface area contributed by atoms with Gasteiger partial charge in [-0.3, -0.25) is 0 Å². The normalized spacial score (nSPS) is 13.6. The van der Waals surface area contributed by atoms with Crippen molar-refractivity contribution in [1.82, 2.24) is 4.98 Å². The van der Waals surface area contributed by atoms with E-state index in [0.29, 0.717) is 0 Å². The Kier molecular flexibility index (Phi) is 8.51. The van der Waals surface area contributed by atoms with Crippen LogP contribution in [0.1, 0.15) is 22.3 Å². The Hall–Kier alpha value is -6.36. The Bertz CT molecular complexity index is 3070. The number of halogens is 1. The van der Waals surface area contributed by atoms with Crippen LogP contribution in [0.5, 0.6) is 0 Å². The average Bonchev–Trinajstić information content (AvgIpc) is 4.14. The van der Waals surface area contributed by atoms with Crippen LogP contribution in [0.3, 0.4) is 0 Å². The van der Waals surface area contributed by atoms with E-state index in [2.05, 4.69) is 206 Å². The minimum atomic E-state index is -0.867. The maximum atomic E-state index is 5.44. The van der Waals surface area contributed by atoms with E-state index in [-0.39, 0.29) is 0 Å². The van der Waals surface area contributed by atoms with Crippen LogP contribution < -0.4 is 0 Å². The monoisotopic (exact) mass is 839 g/mol. The molecule has 1 aromatic heterocycles. The molecule has 11 rings (SSSR count). The van der Waals surface area contributed by atoms with Crippen molar-refractivity contribution in [2.75, 3.05) is 8.86 Å². The molecule has 1 aliphatic heterocycles. The van der Waals surface area contributed by atoms with Crippen LogP contribution in [0.15, 0.2) is 206 Å². The molecule has 0 amide bonds. The molecule has 1 fully saturated rings. The molecule has 10 aromatic rings. The quantitative estimate of drug-likeness (QED) is 0.0512. The molecule has 1 aliphatic rings.